The molecule has 0 saturated heterocycles. The van der Waals surface area contributed by atoms with E-state index in [1.807, 2.05) is 19.9 Å². The highest BCUT2D eigenvalue weighted by Gasteiger charge is 2.28. The summed E-state index contributed by atoms with van der Waals surface area (Å²) in [6, 6.07) is 18.0. The molecule has 0 heterocycles. The summed E-state index contributed by atoms with van der Waals surface area (Å²) in [5.74, 6) is 1.12. The van der Waals surface area contributed by atoms with Crippen LogP contribution in [0.4, 0.5) is 5.69 Å². The molecule has 0 aliphatic rings. The standard InChI is InChI=1S/C26H30N2O6S/c1-18-9-12-23(13-10-18)35(30,31)28(21-7-6-8-22(16-21)32-3)17-26(29)27-19(2)20-11-14-24(33-4)25(15-20)34-5/h6-16,19H,17H2,1-5H3,(H,27,29)/t19-/m1/s1. The first kappa shape index (κ1) is 25.9. The number of nitrogens with zero attached hydrogens (tertiary/aromatic N) is 1. The maximum absolute atomic E-state index is 13.6. The van der Waals surface area contributed by atoms with Gasteiger partial charge in [0.2, 0.25) is 5.91 Å². The lowest BCUT2D eigenvalue weighted by Crippen LogP contribution is -2.41. The lowest BCUT2D eigenvalue weighted by Gasteiger charge is -2.25. The Hall–Kier alpha value is -3.72. The number of hydrogen-bond donors (Lipinski definition) is 1. The number of anilines is 1. The summed E-state index contributed by atoms with van der Waals surface area (Å²) < 4.78 is 44.1. The van der Waals surface area contributed by atoms with Gasteiger partial charge in [0.15, 0.2) is 11.5 Å². The number of methoxy groups -OCH3 is 3. The van der Waals surface area contributed by atoms with Crippen molar-refractivity contribution in [2.24, 2.45) is 0 Å². The predicted molar refractivity (Wildman–Crippen MR) is 135 cm³/mol. The molecule has 1 atom stereocenters. The number of sulfonamides is 1. The molecule has 1 N–H and O–H groups in total. The zero-order valence-electron chi connectivity index (χ0n) is 20.4. The summed E-state index contributed by atoms with van der Waals surface area (Å²) >= 11 is 0. The largest absolute Gasteiger partial charge is 0.497 e. The number of amides is 1. The number of aryl methyl sites for hydroxylation is 1. The van der Waals surface area contributed by atoms with E-state index in [1.54, 1.807) is 55.6 Å². The van der Waals surface area contributed by atoms with Gasteiger partial charge in [0.1, 0.15) is 12.3 Å². The minimum Gasteiger partial charge on any atom is -0.497 e. The third-order valence-corrected chi connectivity index (χ3v) is 7.31. The molecule has 3 aromatic rings. The zero-order chi connectivity index (χ0) is 25.6. The van der Waals surface area contributed by atoms with Crippen molar-refractivity contribution in [2.45, 2.75) is 24.8 Å². The van der Waals surface area contributed by atoms with Crippen LogP contribution in [0.5, 0.6) is 17.2 Å². The second-order valence-corrected chi connectivity index (χ2v) is 9.79. The van der Waals surface area contributed by atoms with Crippen LogP contribution in [-0.4, -0.2) is 42.2 Å². The average Bonchev–Trinajstić information content (AvgIpc) is 2.86. The van der Waals surface area contributed by atoms with Gasteiger partial charge in [-0.05, 0) is 55.8 Å². The first-order valence-corrected chi connectivity index (χ1v) is 12.4. The van der Waals surface area contributed by atoms with Gasteiger partial charge in [-0.1, -0.05) is 29.8 Å². The number of carbonyl (C=O) groups excluding carboxylic acids is 1. The molecule has 0 aliphatic heterocycles. The van der Waals surface area contributed by atoms with Crippen molar-refractivity contribution in [3.63, 3.8) is 0 Å². The van der Waals surface area contributed by atoms with Crippen molar-refractivity contribution in [3.8, 4) is 17.2 Å². The number of ether oxygens (including phenoxy) is 3. The normalized spacial score (nSPS) is 11.9. The zero-order valence-corrected chi connectivity index (χ0v) is 21.3. The Bertz CT molecular complexity index is 1280. The molecule has 0 aromatic heterocycles. The van der Waals surface area contributed by atoms with Crippen molar-refractivity contribution in [1.29, 1.82) is 0 Å². The summed E-state index contributed by atoms with van der Waals surface area (Å²) in [6.45, 7) is 3.27. The molecule has 0 spiro atoms. The summed E-state index contributed by atoms with van der Waals surface area (Å²) in [4.78, 5) is 13.2. The Kier molecular flexibility index (Phi) is 8.24. The van der Waals surface area contributed by atoms with Crippen LogP contribution in [0.1, 0.15) is 24.1 Å². The van der Waals surface area contributed by atoms with Crippen LogP contribution in [0.3, 0.4) is 0 Å². The Balaban J connectivity index is 1.90. The van der Waals surface area contributed by atoms with Gasteiger partial charge in [0, 0.05) is 6.07 Å². The highest BCUT2D eigenvalue weighted by molar-refractivity contribution is 7.92. The van der Waals surface area contributed by atoms with Gasteiger partial charge in [-0.25, -0.2) is 8.42 Å². The van der Waals surface area contributed by atoms with Crippen LogP contribution < -0.4 is 23.8 Å². The van der Waals surface area contributed by atoms with Crippen molar-refractivity contribution in [2.75, 3.05) is 32.2 Å². The van der Waals surface area contributed by atoms with E-state index >= 15 is 0 Å². The van der Waals surface area contributed by atoms with Crippen LogP contribution in [-0.2, 0) is 14.8 Å². The van der Waals surface area contributed by atoms with E-state index in [9.17, 15) is 13.2 Å². The number of hydrogen-bond acceptors (Lipinski definition) is 6. The van der Waals surface area contributed by atoms with Gasteiger partial charge in [0.05, 0.1) is 38.0 Å². The quantitative estimate of drug-likeness (QED) is 0.452. The minimum absolute atomic E-state index is 0.0895. The molecular weight excluding hydrogens is 468 g/mol. The first-order valence-electron chi connectivity index (χ1n) is 10.9. The summed E-state index contributed by atoms with van der Waals surface area (Å²) in [5, 5.41) is 2.87. The summed E-state index contributed by atoms with van der Waals surface area (Å²) in [6.07, 6.45) is 0. The lowest BCUT2D eigenvalue weighted by molar-refractivity contribution is -0.120. The minimum atomic E-state index is -4.03. The van der Waals surface area contributed by atoms with E-state index in [0.29, 0.717) is 22.9 Å². The van der Waals surface area contributed by atoms with Gasteiger partial charge < -0.3 is 19.5 Å². The van der Waals surface area contributed by atoms with E-state index in [2.05, 4.69) is 5.32 Å². The molecule has 0 aliphatic carbocycles. The predicted octanol–water partition coefficient (Wildman–Crippen LogP) is 4.09. The van der Waals surface area contributed by atoms with Crippen molar-refractivity contribution < 1.29 is 27.4 Å². The van der Waals surface area contributed by atoms with Gasteiger partial charge in [-0.3, -0.25) is 9.10 Å². The molecule has 1 amide bonds. The molecule has 35 heavy (non-hydrogen) atoms. The van der Waals surface area contributed by atoms with Crippen LogP contribution in [0.2, 0.25) is 0 Å². The molecule has 186 valence electrons. The van der Waals surface area contributed by atoms with Crippen molar-refractivity contribution in [1.82, 2.24) is 5.32 Å². The van der Waals surface area contributed by atoms with E-state index in [4.69, 9.17) is 14.2 Å². The fourth-order valence-corrected chi connectivity index (χ4v) is 4.95. The first-order chi connectivity index (χ1) is 16.7. The third-order valence-electron chi connectivity index (χ3n) is 5.52. The smallest absolute Gasteiger partial charge is 0.264 e. The molecule has 0 fully saturated rings. The molecule has 0 radical (unpaired) electrons. The number of benzene rings is 3. The van der Waals surface area contributed by atoms with Gasteiger partial charge in [0.25, 0.3) is 10.0 Å². The highest BCUT2D eigenvalue weighted by Crippen LogP contribution is 2.30. The van der Waals surface area contributed by atoms with E-state index in [1.165, 1.54) is 26.4 Å². The topological polar surface area (TPSA) is 94.2 Å². The maximum Gasteiger partial charge on any atom is 0.264 e. The number of carbonyl (C=O) groups is 1. The third kappa shape index (κ3) is 6.05. The number of rotatable bonds is 10. The molecule has 0 saturated carbocycles. The van der Waals surface area contributed by atoms with E-state index in [-0.39, 0.29) is 4.90 Å². The Labute approximate surface area is 206 Å². The molecule has 3 aromatic carbocycles. The van der Waals surface area contributed by atoms with Crippen LogP contribution in [0.25, 0.3) is 0 Å². The second kappa shape index (κ2) is 11.1. The Morgan fingerprint density at radius 2 is 1.60 bits per heavy atom. The monoisotopic (exact) mass is 498 g/mol. The Morgan fingerprint density at radius 1 is 0.914 bits per heavy atom. The molecule has 3 rings (SSSR count). The molecule has 8 nitrogen and oxygen atoms in total. The highest BCUT2D eigenvalue weighted by atomic mass is 32.2. The van der Waals surface area contributed by atoms with Gasteiger partial charge in [-0.2, -0.15) is 0 Å². The molecule has 0 bridgehead atoms. The van der Waals surface area contributed by atoms with Crippen molar-refractivity contribution in [3.05, 3.63) is 77.9 Å². The SMILES string of the molecule is COc1cccc(N(CC(=O)N[C@H](C)c2ccc(OC)c(OC)c2)S(=O)(=O)c2ccc(C)cc2)c1. The maximum atomic E-state index is 13.6. The average molecular weight is 499 g/mol. The van der Waals surface area contributed by atoms with E-state index < -0.39 is 28.5 Å². The summed E-state index contributed by atoms with van der Waals surface area (Å²) in [7, 11) is 0.545. The fourth-order valence-electron chi connectivity index (χ4n) is 3.54. The van der Waals surface area contributed by atoms with Gasteiger partial charge >= 0.3 is 0 Å². The van der Waals surface area contributed by atoms with Crippen molar-refractivity contribution >= 4 is 21.6 Å². The Morgan fingerprint density at radius 3 is 2.23 bits per heavy atom. The van der Waals surface area contributed by atoms with Gasteiger partial charge in [-0.15, -0.1) is 0 Å². The molecular formula is C26H30N2O6S. The van der Waals surface area contributed by atoms with E-state index in [0.717, 1.165) is 15.4 Å². The number of nitrogens with one attached hydrogen (secondary N) is 1. The lowest BCUT2D eigenvalue weighted by atomic mass is 10.1. The van der Waals surface area contributed by atoms with Crippen LogP contribution in [0, 0.1) is 6.92 Å². The summed E-state index contributed by atoms with van der Waals surface area (Å²) in [5.41, 5.74) is 2.03. The van der Waals surface area contributed by atoms with Crippen LogP contribution >= 0.6 is 0 Å². The second-order valence-electron chi connectivity index (χ2n) is 7.93. The van der Waals surface area contributed by atoms with Crippen LogP contribution in [0.15, 0.2) is 71.6 Å². The molecule has 9 heteroatoms. The molecule has 0 unspecified atom stereocenters. The fraction of sp³-hybridized carbons (Fsp3) is 0.269.